The molecule has 1 aliphatic rings. The van der Waals surface area contributed by atoms with Gasteiger partial charge in [-0.3, -0.25) is 0 Å². The van der Waals surface area contributed by atoms with Crippen LogP contribution in [-0.2, 0) is 0 Å². The summed E-state index contributed by atoms with van der Waals surface area (Å²) in [6, 6.07) is 0. The average molecular weight is 101 g/mol. The van der Waals surface area contributed by atoms with Gasteiger partial charge in [-0.2, -0.15) is 0 Å². The summed E-state index contributed by atoms with van der Waals surface area (Å²) >= 11 is 0. The van der Waals surface area contributed by atoms with Crippen LogP contribution in [0.1, 0.15) is 0 Å². The van der Waals surface area contributed by atoms with E-state index >= 15 is 0 Å². The van der Waals surface area contributed by atoms with Gasteiger partial charge in [0.05, 0.1) is 0 Å². The highest BCUT2D eigenvalue weighted by atomic mass is 16.3. The molecule has 1 saturated carbocycles. The van der Waals surface area contributed by atoms with Gasteiger partial charge in [0.1, 0.15) is 0 Å². The lowest BCUT2D eigenvalue weighted by atomic mass is 10.3. The lowest BCUT2D eigenvalue weighted by molar-refractivity contribution is 0.232. The van der Waals surface area contributed by atoms with E-state index in [4.69, 9.17) is 10.2 Å². The third-order valence-corrected chi connectivity index (χ3v) is 1.33. The summed E-state index contributed by atoms with van der Waals surface area (Å²) in [4.78, 5) is 0. The number of rotatable bonds is 2. The van der Waals surface area contributed by atoms with E-state index in [1.165, 1.54) is 0 Å². The predicted octanol–water partition coefficient (Wildman–Crippen LogP) is -0.579. The molecule has 2 heteroatoms. The van der Waals surface area contributed by atoms with Crippen molar-refractivity contribution in [1.29, 1.82) is 0 Å². The number of aliphatic hydroxyl groups is 2. The summed E-state index contributed by atoms with van der Waals surface area (Å²) in [5.41, 5.74) is 0. The van der Waals surface area contributed by atoms with E-state index in [-0.39, 0.29) is 13.2 Å². The van der Waals surface area contributed by atoms with Crippen molar-refractivity contribution in [1.82, 2.24) is 0 Å². The molecule has 2 atom stereocenters. The monoisotopic (exact) mass is 101 g/mol. The standard InChI is InChI=1S/C5H9O2/c6-2-4-1-5(4)3-7/h1,4-7H,2-3H2/t4-,5+. The van der Waals surface area contributed by atoms with E-state index in [1.54, 1.807) is 0 Å². The molecule has 0 aromatic heterocycles. The van der Waals surface area contributed by atoms with Crippen molar-refractivity contribution in [3.8, 4) is 0 Å². The minimum absolute atomic E-state index is 0.200. The highest BCUT2D eigenvalue weighted by Crippen LogP contribution is 2.35. The van der Waals surface area contributed by atoms with Crippen molar-refractivity contribution in [3.63, 3.8) is 0 Å². The zero-order valence-electron chi connectivity index (χ0n) is 4.04. The average Bonchev–Trinajstić information content (AvgIpc) is 2.43. The molecule has 2 nitrogen and oxygen atoms in total. The van der Waals surface area contributed by atoms with Crippen LogP contribution in [0.2, 0.25) is 0 Å². The van der Waals surface area contributed by atoms with Gasteiger partial charge < -0.3 is 10.2 Å². The fourth-order valence-corrected chi connectivity index (χ4v) is 0.646. The van der Waals surface area contributed by atoms with Crippen LogP contribution in [0.5, 0.6) is 0 Å². The molecule has 2 N–H and O–H groups in total. The maximum absolute atomic E-state index is 8.37. The van der Waals surface area contributed by atoms with Gasteiger partial charge in [0.25, 0.3) is 0 Å². The van der Waals surface area contributed by atoms with E-state index in [0.717, 1.165) is 0 Å². The van der Waals surface area contributed by atoms with Crippen LogP contribution in [0.25, 0.3) is 0 Å². The molecule has 1 fully saturated rings. The SMILES string of the molecule is OC[C@H]1[CH][C@H]1CO. The first kappa shape index (κ1) is 5.06. The Labute approximate surface area is 42.8 Å². The lowest BCUT2D eigenvalue weighted by Gasteiger charge is -1.84. The Balaban J connectivity index is 2.06. The summed E-state index contributed by atoms with van der Waals surface area (Å²) < 4.78 is 0. The fourth-order valence-electron chi connectivity index (χ4n) is 0.646. The Morgan fingerprint density at radius 3 is 1.71 bits per heavy atom. The zero-order valence-corrected chi connectivity index (χ0v) is 4.04. The number of aliphatic hydroxyl groups excluding tert-OH is 2. The first-order valence-electron chi connectivity index (χ1n) is 2.45. The Morgan fingerprint density at radius 2 is 1.57 bits per heavy atom. The molecule has 0 aromatic rings. The highest BCUT2D eigenvalue weighted by molar-refractivity contribution is 5.04. The lowest BCUT2D eigenvalue weighted by Crippen LogP contribution is -1.91. The summed E-state index contributed by atoms with van der Waals surface area (Å²) in [6.45, 7) is 0.399. The summed E-state index contributed by atoms with van der Waals surface area (Å²) in [5.74, 6) is 0.593. The normalized spacial score (nSPS) is 38.6. The van der Waals surface area contributed by atoms with Gasteiger partial charge in [0.2, 0.25) is 0 Å². The van der Waals surface area contributed by atoms with Gasteiger partial charge in [-0.25, -0.2) is 0 Å². The second-order valence-electron chi connectivity index (χ2n) is 1.89. The van der Waals surface area contributed by atoms with E-state index in [1.807, 2.05) is 6.42 Å². The third-order valence-electron chi connectivity index (χ3n) is 1.33. The van der Waals surface area contributed by atoms with E-state index in [0.29, 0.717) is 11.8 Å². The second kappa shape index (κ2) is 1.80. The van der Waals surface area contributed by atoms with Gasteiger partial charge in [0, 0.05) is 13.2 Å². The van der Waals surface area contributed by atoms with Crippen molar-refractivity contribution in [2.24, 2.45) is 11.8 Å². The molecular formula is C5H9O2. The van der Waals surface area contributed by atoms with Crippen LogP contribution in [0.15, 0.2) is 0 Å². The van der Waals surface area contributed by atoms with Gasteiger partial charge in [-0.1, -0.05) is 0 Å². The predicted molar refractivity (Wildman–Crippen MR) is 25.5 cm³/mol. The molecule has 0 amide bonds. The van der Waals surface area contributed by atoms with E-state index < -0.39 is 0 Å². The van der Waals surface area contributed by atoms with Gasteiger partial charge in [-0.15, -0.1) is 0 Å². The molecule has 0 aromatic carbocycles. The molecule has 1 radical (unpaired) electrons. The Kier molecular flexibility index (Phi) is 1.30. The largest absolute Gasteiger partial charge is 0.396 e. The second-order valence-corrected chi connectivity index (χ2v) is 1.89. The van der Waals surface area contributed by atoms with Crippen molar-refractivity contribution in [2.45, 2.75) is 0 Å². The van der Waals surface area contributed by atoms with E-state index in [2.05, 4.69) is 0 Å². The number of hydrogen-bond donors (Lipinski definition) is 2. The van der Waals surface area contributed by atoms with Crippen LogP contribution in [0.4, 0.5) is 0 Å². The van der Waals surface area contributed by atoms with Gasteiger partial charge in [-0.05, 0) is 18.3 Å². The van der Waals surface area contributed by atoms with Crippen molar-refractivity contribution >= 4 is 0 Å². The smallest absolute Gasteiger partial charge is 0.0465 e. The van der Waals surface area contributed by atoms with Crippen LogP contribution in [0, 0.1) is 18.3 Å². The molecule has 0 heterocycles. The minimum Gasteiger partial charge on any atom is -0.396 e. The summed E-state index contributed by atoms with van der Waals surface area (Å²) in [5, 5.41) is 16.7. The number of hydrogen-bond acceptors (Lipinski definition) is 2. The Hall–Kier alpha value is -0.0800. The molecule has 0 saturated heterocycles. The van der Waals surface area contributed by atoms with E-state index in [9.17, 15) is 0 Å². The summed E-state index contributed by atoms with van der Waals surface area (Å²) in [6.07, 6.45) is 1.94. The molecule has 0 unspecified atom stereocenters. The van der Waals surface area contributed by atoms with Crippen LogP contribution >= 0.6 is 0 Å². The van der Waals surface area contributed by atoms with Gasteiger partial charge in [0.15, 0.2) is 0 Å². The summed E-state index contributed by atoms with van der Waals surface area (Å²) in [7, 11) is 0. The molecule has 1 aliphatic carbocycles. The quantitative estimate of drug-likeness (QED) is 0.488. The zero-order chi connectivity index (χ0) is 5.28. The maximum atomic E-state index is 8.37. The van der Waals surface area contributed by atoms with Crippen molar-refractivity contribution in [3.05, 3.63) is 6.42 Å². The Morgan fingerprint density at radius 1 is 1.14 bits per heavy atom. The highest BCUT2D eigenvalue weighted by Gasteiger charge is 2.35. The van der Waals surface area contributed by atoms with Gasteiger partial charge >= 0.3 is 0 Å². The van der Waals surface area contributed by atoms with Crippen LogP contribution < -0.4 is 0 Å². The molecular weight excluding hydrogens is 92.1 g/mol. The van der Waals surface area contributed by atoms with Crippen LogP contribution in [0.3, 0.4) is 0 Å². The third kappa shape index (κ3) is 0.924. The molecule has 0 spiro atoms. The first-order chi connectivity index (χ1) is 3.38. The van der Waals surface area contributed by atoms with Crippen LogP contribution in [-0.4, -0.2) is 23.4 Å². The first-order valence-corrected chi connectivity index (χ1v) is 2.45. The van der Waals surface area contributed by atoms with Crippen molar-refractivity contribution in [2.75, 3.05) is 13.2 Å². The van der Waals surface area contributed by atoms with Crippen molar-refractivity contribution < 1.29 is 10.2 Å². The Bertz CT molecular complexity index is 55.1. The molecule has 1 rings (SSSR count). The molecule has 0 aliphatic heterocycles. The minimum atomic E-state index is 0.200. The fraction of sp³-hybridized carbons (Fsp3) is 0.800. The molecule has 7 heavy (non-hydrogen) atoms. The molecule has 0 bridgehead atoms. The maximum Gasteiger partial charge on any atom is 0.0465 e. The molecule has 41 valence electrons. The topological polar surface area (TPSA) is 40.5 Å².